The number of aryl methyl sites for hydroxylation is 1. The van der Waals surface area contributed by atoms with Crippen LogP contribution in [0.1, 0.15) is 16.2 Å². The molecule has 1 N–H and O–H groups in total. The summed E-state index contributed by atoms with van der Waals surface area (Å²) < 4.78 is 0. The van der Waals surface area contributed by atoms with Crippen LogP contribution < -0.4 is 5.32 Å². The maximum absolute atomic E-state index is 11.6. The number of pyridine rings is 1. The van der Waals surface area contributed by atoms with Crippen molar-refractivity contribution in [2.75, 3.05) is 5.32 Å². The molecule has 0 radical (unpaired) electrons. The van der Waals surface area contributed by atoms with Gasteiger partial charge in [0.15, 0.2) is 0 Å². The second kappa shape index (κ2) is 4.48. The van der Waals surface area contributed by atoms with Crippen LogP contribution in [0.15, 0.2) is 36.8 Å². The van der Waals surface area contributed by atoms with Crippen molar-refractivity contribution in [2.45, 2.75) is 6.92 Å². The molecule has 0 aliphatic heterocycles. The number of aromatic nitrogens is 3. The molecule has 2 aromatic heterocycles. The van der Waals surface area contributed by atoms with Crippen LogP contribution in [0.4, 0.5) is 5.82 Å². The van der Waals surface area contributed by atoms with Crippen LogP contribution in [0.25, 0.3) is 0 Å². The third kappa shape index (κ3) is 2.38. The van der Waals surface area contributed by atoms with E-state index in [4.69, 9.17) is 0 Å². The molecular weight excluding hydrogens is 204 g/mol. The van der Waals surface area contributed by atoms with Crippen molar-refractivity contribution in [3.63, 3.8) is 0 Å². The van der Waals surface area contributed by atoms with E-state index in [9.17, 15) is 4.79 Å². The van der Waals surface area contributed by atoms with Crippen LogP contribution in [-0.2, 0) is 0 Å². The molecular formula is C11H10N4O. The predicted molar refractivity (Wildman–Crippen MR) is 59.0 cm³/mol. The minimum atomic E-state index is -0.362. The zero-order valence-electron chi connectivity index (χ0n) is 8.71. The first kappa shape index (κ1) is 10.2. The minimum absolute atomic E-state index is 0.135. The van der Waals surface area contributed by atoms with Gasteiger partial charge in [-0.2, -0.15) is 0 Å². The first-order chi connectivity index (χ1) is 7.75. The summed E-state index contributed by atoms with van der Waals surface area (Å²) in [5.74, 6) is 0.256. The van der Waals surface area contributed by atoms with E-state index in [-0.39, 0.29) is 11.7 Å². The van der Waals surface area contributed by atoms with Crippen molar-refractivity contribution in [2.24, 2.45) is 0 Å². The molecule has 0 unspecified atom stereocenters. The Morgan fingerprint density at radius 3 is 2.56 bits per heavy atom. The molecule has 2 heterocycles. The van der Waals surface area contributed by atoms with E-state index in [2.05, 4.69) is 20.3 Å². The van der Waals surface area contributed by atoms with Crippen molar-refractivity contribution in [3.8, 4) is 0 Å². The Morgan fingerprint density at radius 2 is 1.94 bits per heavy atom. The van der Waals surface area contributed by atoms with Crippen molar-refractivity contribution in [1.82, 2.24) is 15.0 Å². The lowest BCUT2D eigenvalue weighted by molar-refractivity contribution is 0.101. The Kier molecular flexibility index (Phi) is 2.86. The fourth-order valence-corrected chi connectivity index (χ4v) is 1.12. The van der Waals surface area contributed by atoms with Gasteiger partial charge in [0.05, 0.1) is 0 Å². The van der Waals surface area contributed by atoms with Gasteiger partial charge < -0.3 is 5.32 Å². The van der Waals surface area contributed by atoms with Gasteiger partial charge in [0, 0.05) is 18.6 Å². The van der Waals surface area contributed by atoms with Gasteiger partial charge in [-0.05, 0) is 24.6 Å². The molecule has 80 valence electrons. The number of anilines is 1. The molecule has 0 saturated heterocycles. The van der Waals surface area contributed by atoms with Crippen molar-refractivity contribution in [1.29, 1.82) is 0 Å². The number of amides is 1. The van der Waals surface area contributed by atoms with Gasteiger partial charge in [0.1, 0.15) is 5.82 Å². The van der Waals surface area contributed by atoms with Gasteiger partial charge in [-0.3, -0.25) is 4.79 Å². The van der Waals surface area contributed by atoms with Crippen LogP contribution in [0, 0.1) is 6.92 Å². The van der Waals surface area contributed by atoms with Gasteiger partial charge in [-0.15, -0.1) is 0 Å². The molecule has 0 saturated carbocycles. The summed E-state index contributed by atoms with van der Waals surface area (Å²) in [6, 6.07) is 5.27. The Balaban J connectivity index is 2.12. The molecule has 0 atom stereocenters. The summed E-state index contributed by atoms with van der Waals surface area (Å²) in [5, 5.41) is 2.60. The number of hydrogen-bond acceptors (Lipinski definition) is 4. The van der Waals surface area contributed by atoms with E-state index in [1.807, 2.05) is 6.92 Å². The molecule has 1 amide bonds. The Labute approximate surface area is 92.6 Å². The number of carbonyl (C=O) groups excluding carboxylic acids is 1. The van der Waals surface area contributed by atoms with Crippen molar-refractivity contribution >= 4 is 11.7 Å². The molecule has 2 aromatic rings. The standard InChI is InChI=1S/C11H10N4O/c1-8-6-13-10(14-7-8)11(16)15-9-4-2-3-5-12-9/h2-7H,1H3,(H,12,15,16). The lowest BCUT2D eigenvalue weighted by atomic mass is 10.4. The maximum Gasteiger partial charge on any atom is 0.294 e. The summed E-state index contributed by atoms with van der Waals surface area (Å²) in [6.07, 6.45) is 4.80. The first-order valence-electron chi connectivity index (χ1n) is 4.77. The SMILES string of the molecule is Cc1cnc(C(=O)Nc2ccccn2)nc1. The number of hydrogen-bond donors (Lipinski definition) is 1. The zero-order valence-corrected chi connectivity index (χ0v) is 8.71. The highest BCUT2D eigenvalue weighted by atomic mass is 16.2. The van der Waals surface area contributed by atoms with E-state index in [1.165, 1.54) is 0 Å². The van der Waals surface area contributed by atoms with Crippen LogP contribution in [0.5, 0.6) is 0 Å². The van der Waals surface area contributed by atoms with Gasteiger partial charge in [0.2, 0.25) is 5.82 Å². The van der Waals surface area contributed by atoms with Gasteiger partial charge in [0.25, 0.3) is 5.91 Å². The van der Waals surface area contributed by atoms with E-state index in [1.54, 1.807) is 36.8 Å². The number of nitrogens with zero attached hydrogens (tertiary/aromatic N) is 3. The highest BCUT2D eigenvalue weighted by Gasteiger charge is 2.08. The molecule has 5 nitrogen and oxygen atoms in total. The smallest absolute Gasteiger partial charge is 0.294 e. The van der Waals surface area contributed by atoms with Gasteiger partial charge in [-0.25, -0.2) is 15.0 Å². The quantitative estimate of drug-likeness (QED) is 0.821. The molecule has 2 rings (SSSR count). The Morgan fingerprint density at radius 1 is 1.19 bits per heavy atom. The number of nitrogens with one attached hydrogen (secondary N) is 1. The van der Waals surface area contributed by atoms with Gasteiger partial charge in [-0.1, -0.05) is 6.07 Å². The fourth-order valence-electron chi connectivity index (χ4n) is 1.12. The lowest BCUT2D eigenvalue weighted by Gasteiger charge is -2.02. The van der Waals surface area contributed by atoms with Crippen LogP contribution in [0.2, 0.25) is 0 Å². The highest BCUT2D eigenvalue weighted by molar-refractivity contribution is 6.00. The summed E-state index contributed by atoms with van der Waals surface area (Å²) >= 11 is 0. The topological polar surface area (TPSA) is 67.8 Å². The van der Waals surface area contributed by atoms with Crippen LogP contribution in [0.3, 0.4) is 0 Å². The maximum atomic E-state index is 11.6. The molecule has 0 aliphatic rings. The number of carbonyl (C=O) groups is 1. The monoisotopic (exact) mass is 214 g/mol. The Bertz CT molecular complexity index is 481. The molecule has 0 aliphatic carbocycles. The number of rotatable bonds is 2. The first-order valence-corrected chi connectivity index (χ1v) is 4.77. The van der Waals surface area contributed by atoms with Crippen molar-refractivity contribution < 1.29 is 4.79 Å². The van der Waals surface area contributed by atoms with E-state index < -0.39 is 0 Å². The predicted octanol–water partition coefficient (Wildman–Crippen LogP) is 1.43. The third-order valence-corrected chi connectivity index (χ3v) is 1.89. The average Bonchev–Trinajstić information content (AvgIpc) is 2.31. The highest BCUT2D eigenvalue weighted by Crippen LogP contribution is 2.02. The molecule has 0 fully saturated rings. The van der Waals surface area contributed by atoms with Crippen LogP contribution in [-0.4, -0.2) is 20.9 Å². The Hall–Kier alpha value is -2.30. The van der Waals surface area contributed by atoms with Crippen molar-refractivity contribution in [3.05, 3.63) is 48.2 Å². The van der Waals surface area contributed by atoms with Crippen LogP contribution >= 0.6 is 0 Å². The normalized spacial score (nSPS) is 9.81. The second-order valence-electron chi connectivity index (χ2n) is 3.25. The zero-order chi connectivity index (χ0) is 11.4. The second-order valence-corrected chi connectivity index (χ2v) is 3.25. The van der Waals surface area contributed by atoms with E-state index in [0.29, 0.717) is 5.82 Å². The average molecular weight is 214 g/mol. The fraction of sp³-hybridized carbons (Fsp3) is 0.0909. The summed E-state index contributed by atoms with van der Waals surface area (Å²) in [4.78, 5) is 23.5. The lowest BCUT2D eigenvalue weighted by Crippen LogP contribution is -2.16. The molecule has 0 aromatic carbocycles. The molecule has 0 bridgehead atoms. The summed E-state index contributed by atoms with van der Waals surface area (Å²) in [7, 11) is 0. The summed E-state index contributed by atoms with van der Waals surface area (Å²) in [6.45, 7) is 1.86. The molecule has 5 heteroatoms. The van der Waals surface area contributed by atoms with E-state index in [0.717, 1.165) is 5.56 Å². The third-order valence-electron chi connectivity index (χ3n) is 1.89. The minimum Gasteiger partial charge on any atom is -0.304 e. The molecule has 16 heavy (non-hydrogen) atoms. The molecule has 0 spiro atoms. The van der Waals surface area contributed by atoms with E-state index >= 15 is 0 Å². The summed E-state index contributed by atoms with van der Waals surface area (Å²) in [5.41, 5.74) is 0.911. The largest absolute Gasteiger partial charge is 0.304 e. The van der Waals surface area contributed by atoms with Gasteiger partial charge >= 0.3 is 0 Å².